The van der Waals surface area contributed by atoms with Crippen LogP contribution < -0.4 is 10.1 Å². The number of methoxy groups -OCH3 is 1. The van der Waals surface area contributed by atoms with Gasteiger partial charge in [0, 0.05) is 28.9 Å². The molecule has 1 N–H and O–H groups in total. The number of benzene rings is 2. The van der Waals surface area contributed by atoms with E-state index >= 15 is 0 Å². The molecule has 2 aromatic carbocycles. The number of aromatic nitrogens is 2. The lowest BCUT2D eigenvalue weighted by Gasteiger charge is -2.20. The second kappa shape index (κ2) is 8.58. The molecular formula is C24H18ClFN4O. The number of nitrogens with one attached hydrogen (secondary N) is 1. The van der Waals surface area contributed by atoms with E-state index in [1.54, 1.807) is 30.6 Å². The Morgan fingerprint density at radius 3 is 2.68 bits per heavy atom. The maximum absolute atomic E-state index is 14.7. The highest BCUT2D eigenvalue weighted by Crippen LogP contribution is 2.34. The molecule has 7 heteroatoms. The predicted octanol–water partition coefficient (Wildman–Crippen LogP) is 6.14. The van der Waals surface area contributed by atoms with Crippen molar-refractivity contribution in [2.45, 2.75) is 13.0 Å². The maximum atomic E-state index is 14.7. The standard InChI is InChI=1S/C24H18ClFN4O/c1-14(30-23-18-5-3-4-6-22(18)28-13-20(23)25)19-10-15(7-8-21(19)26)17-9-16(11-27)24(31-2)29-12-17/h3-10,12-14H,1-2H3,(H,28,30). The molecule has 2 aromatic heterocycles. The van der Waals surface area contributed by atoms with Gasteiger partial charge in [0.05, 0.1) is 29.4 Å². The third-order valence-corrected chi connectivity index (χ3v) is 5.34. The Morgan fingerprint density at radius 2 is 1.90 bits per heavy atom. The zero-order chi connectivity index (χ0) is 22.0. The third kappa shape index (κ3) is 4.00. The van der Waals surface area contributed by atoms with Gasteiger partial charge < -0.3 is 10.1 Å². The second-order valence-corrected chi connectivity index (χ2v) is 7.40. The van der Waals surface area contributed by atoms with Crippen LogP contribution in [0.2, 0.25) is 5.02 Å². The van der Waals surface area contributed by atoms with Gasteiger partial charge in [0.2, 0.25) is 5.88 Å². The van der Waals surface area contributed by atoms with E-state index in [0.717, 1.165) is 16.5 Å². The molecular weight excluding hydrogens is 415 g/mol. The van der Waals surface area contributed by atoms with Crippen LogP contribution in [0, 0.1) is 17.1 Å². The summed E-state index contributed by atoms with van der Waals surface area (Å²) >= 11 is 6.39. The van der Waals surface area contributed by atoms with Gasteiger partial charge in [-0.15, -0.1) is 0 Å². The number of fused-ring (bicyclic) bond motifs is 1. The van der Waals surface area contributed by atoms with Gasteiger partial charge in [0.1, 0.15) is 17.4 Å². The number of nitriles is 1. The van der Waals surface area contributed by atoms with Crippen molar-refractivity contribution in [3.8, 4) is 23.1 Å². The number of pyridine rings is 2. The molecule has 0 bridgehead atoms. The second-order valence-electron chi connectivity index (χ2n) is 6.99. The average molecular weight is 433 g/mol. The van der Waals surface area contributed by atoms with Crippen molar-refractivity contribution in [2.75, 3.05) is 12.4 Å². The van der Waals surface area contributed by atoms with E-state index in [2.05, 4.69) is 21.4 Å². The van der Waals surface area contributed by atoms with Crippen molar-refractivity contribution < 1.29 is 9.13 Å². The van der Waals surface area contributed by atoms with Gasteiger partial charge >= 0.3 is 0 Å². The van der Waals surface area contributed by atoms with E-state index in [1.165, 1.54) is 13.2 Å². The Hall–Kier alpha value is -3.69. The topological polar surface area (TPSA) is 70.8 Å². The number of hydrogen-bond donors (Lipinski definition) is 1. The van der Waals surface area contributed by atoms with Crippen LogP contribution in [0.4, 0.5) is 10.1 Å². The van der Waals surface area contributed by atoms with Crippen LogP contribution in [0.1, 0.15) is 24.1 Å². The number of ether oxygens (including phenoxy) is 1. The lowest BCUT2D eigenvalue weighted by molar-refractivity contribution is 0.396. The van der Waals surface area contributed by atoms with Gasteiger partial charge in [0.15, 0.2) is 0 Å². The van der Waals surface area contributed by atoms with E-state index in [-0.39, 0.29) is 17.7 Å². The minimum Gasteiger partial charge on any atom is -0.480 e. The number of para-hydroxylation sites is 1. The molecule has 0 radical (unpaired) electrons. The first-order valence-electron chi connectivity index (χ1n) is 9.55. The van der Waals surface area contributed by atoms with Crippen LogP contribution in [0.3, 0.4) is 0 Å². The fourth-order valence-corrected chi connectivity index (χ4v) is 3.67. The summed E-state index contributed by atoms with van der Waals surface area (Å²) in [4.78, 5) is 8.51. The molecule has 0 aliphatic heterocycles. The molecule has 0 amide bonds. The van der Waals surface area contributed by atoms with Gasteiger partial charge in [-0.3, -0.25) is 4.98 Å². The third-order valence-electron chi connectivity index (χ3n) is 5.05. The molecule has 0 spiro atoms. The van der Waals surface area contributed by atoms with Gasteiger partial charge in [-0.2, -0.15) is 5.26 Å². The molecule has 154 valence electrons. The summed E-state index contributed by atoms with van der Waals surface area (Å²) in [5.41, 5.74) is 3.70. The number of hydrogen-bond acceptors (Lipinski definition) is 5. The Kier molecular flexibility index (Phi) is 5.70. The van der Waals surface area contributed by atoms with E-state index in [1.807, 2.05) is 31.2 Å². The van der Waals surface area contributed by atoms with E-state index < -0.39 is 0 Å². The first kappa shape index (κ1) is 20.6. The van der Waals surface area contributed by atoms with Gasteiger partial charge in [-0.25, -0.2) is 9.37 Å². The molecule has 1 atom stereocenters. The van der Waals surface area contributed by atoms with Crippen LogP contribution in [0.15, 0.2) is 60.9 Å². The zero-order valence-corrected chi connectivity index (χ0v) is 17.6. The Labute approximate surface area is 184 Å². The fourth-order valence-electron chi connectivity index (χ4n) is 3.47. The minimum atomic E-state index is -0.384. The molecule has 5 nitrogen and oxygen atoms in total. The van der Waals surface area contributed by atoms with Crippen molar-refractivity contribution in [1.82, 2.24) is 9.97 Å². The minimum absolute atomic E-state index is 0.253. The lowest BCUT2D eigenvalue weighted by atomic mass is 9.99. The smallest absolute Gasteiger partial charge is 0.231 e. The van der Waals surface area contributed by atoms with Gasteiger partial charge in [0.25, 0.3) is 0 Å². The molecule has 4 aromatic rings. The molecule has 31 heavy (non-hydrogen) atoms. The van der Waals surface area contributed by atoms with Crippen LogP contribution in [-0.4, -0.2) is 17.1 Å². The Balaban J connectivity index is 1.72. The molecule has 2 heterocycles. The normalized spacial score (nSPS) is 11.7. The molecule has 0 aliphatic carbocycles. The van der Waals surface area contributed by atoms with Crippen molar-refractivity contribution in [2.24, 2.45) is 0 Å². The average Bonchev–Trinajstić information content (AvgIpc) is 2.80. The van der Waals surface area contributed by atoms with Crippen molar-refractivity contribution in [3.05, 3.63) is 82.9 Å². The van der Waals surface area contributed by atoms with Crippen LogP contribution in [0.25, 0.3) is 22.0 Å². The quantitative estimate of drug-likeness (QED) is 0.410. The fraction of sp³-hybridized carbons (Fsp3) is 0.125. The van der Waals surface area contributed by atoms with Gasteiger partial charge in [-0.05, 0) is 36.8 Å². The molecule has 0 fully saturated rings. The molecule has 4 rings (SSSR count). The van der Waals surface area contributed by atoms with E-state index in [9.17, 15) is 9.65 Å². The predicted molar refractivity (Wildman–Crippen MR) is 120 cm³/mol. The number of nitrogens with zero attached hydrogens (tertiary/aromatic N) is 3. The first-order valence-corrected chi connectivity index (χ1v) is 9.93. The zero-order valence-electron chi connectivity index (χ0n) is 16.9. The highest BCUT2D eigenvalue weighted by molar-refractivity contribution is 6.34. The number of halogens is 2. The molecule has 0 saturated carbocycles. The monoisotopic (exact) mass is 432 g/mol. The summed E-state index contributed by atoms with van der Waals surface area (Å²) in [7, 11) is 1.46. The van der Waals surface area contributed by atoms with Crippen LogP contribution in [0.5, 0.6) is 5.88 Å². The molecule has 0 saturated heterocycles. The first-order chi connectivity index (χ1) is 15.0. The van der Waals surface area contributed by atoms with E-state index in [0.29, 0.717) is 27.4 Å². The highest BCUT2D eigenvalue weighted by Gasteiger charge is 2.16. The van der Waals surface area contributed by atoms with Crippen molar-refractivity contribution >= 4 is 28.2 Å². The lowest BCUT2D eigenvalue weighted by Crippen LogP contribution is -2.10. The summed E-state index contributed by atoms with van der Waals surface area (Å²) in [5, 5.41) is 14.0. The number of rotatable bonds is 5. The van der Waals surface area contributed by atoms with E-state index in [4.69, 9.17) is 16.3 Å². The van der Waals surface area contributed by atoms with Crippen molar-refractivity contribution in [3.63, 3.8) is 0 Å². The van der Waals surface area contributed by atoms with Gasteiger partial charge in [-0.1, -0.05) is 35.9 Å². The summed E-state index contributed by atoms with van der Waals surface area (Å²) in [6, 6.07) is 15.8. The summed E-state index contributed by atoms with van der Waals surface area (Å²) in [6.07, 6.45) is 3.18. The largest absolute Gasteiger partial charge is 0.480 e. The SMILES string of the molecule is COc1ncc(-c2ccc(F)c(C(C)Nc3c(Cl)cnc4ccccc34)c2)cc1C#N. The maximum Gasteiger partial charge on any atom is 0.231 e. The summed E-state index contributed by atoms with van der Waals surface area (Å²) in [5.74, 6) is -0.0944. The summed E-state index contributed by atoms with van der Waals surface area (Å²) < 4.78 is 19.8. The van der Waals surface area contributed by atoms with Crippen LogP contribution in [-0.2, 0) is 0 Å². The Bertz CT molecular complexity index is 1320. The Morgan fingerprint density at radius 1 is 1.10 bits per heavy atom. The highest BCUT2D eigenvalue weighted by atomic mass is 35.5. The van der Waals surface area contributed by atoms with Crippen LogP contribution >= 0.6 is 11.6 Å². The molecule has 1 unspecified atom stereocenters. The molecule has 0 aliphatic rings. The van der Waals surface area contributed by atoms with Crippen molar-refractivity contribution in [1.29, 1.82) is 5.26 Å². The summed E-state index contributed by atoms with van der Waals surface area (Å²) in [6.45, 7) is 1.86. The number of anilines is 1.